The summed E-state index contributed by atoms with van der Waals surface area (Å²) in [5.41, 5.74) is 12.6. The molecule has 1 amide bonds. The predicted molar refractivity (Wildman–Crippen MR) is 109 cm³/mol. The maximum atomic E-state index is 12.7. The molecule has 0 spiro atoms. The third-order valence-electron chi connectivity index (χ3n) is 4.22. The van der Waals surface area contributed by atoms with Gasteiger partial charge in [0.15, 0.2) is 5.82 Å². The molecule has 0 saturated heterocycles. The highest BCUT2D eigenvalue weighted by Crippen LogP contribution is 2.30. The molecule has 2 aromatic carbocycles. The lowest BCUT2D eigenvalue weighted by molar-refractivity contribution is 0.100. The molecule has 2 aromatic heterocycles. The first-order chi connectivity index (χ1) is 13.4. The molecule has 0 radical (unpaired) electrons. The number of amides is 1. The number of carbonyl (C=O) groups is 1. The quantitative estimate of drug-likeness (QED) is 0.553. The first-order valence-electron chi connectivity index (χ1n) is 8.40. The average molecular weight is 392 g/mol. The zero-order valence-electron chi connectivity index (χ0n) is 14.9. The number of benzene rings is 2. The fourth-order valence-electron chi connectivity index (χ4n) is 2.82. The fraction of sp³-hybridized carbons (Fsp3) is 0.0500. The summed E-state index contributed by atoms with van der Waals surface area (Å²) in [4.78, 5) is 29.1. The van der Waals surface area contributed by atoms with Crippen LogP contribution in [0.1, 0.15) is 15.2 Å². The van der Waals surface area contributed by atoms with Gasteiger partial charge in [-0.2, -0.15) is 0 Å². The molecule has 0 aliphatic carbocycles. The Bertz CT molecular complexity index is 1260. The Morgan fingerprint density at radius 2 is 1.89 bits per heavy atom. The number of nitrogens with zero attached hydrogens (tertiary/aromatic N) is 2. The van der Waals surface area contributed by atoms with Gasteiger partial charge in [-0.15, -0.1) is 11.3 Å². The molecule has 0 aliphatic heterocycles. The van der Waals surface area contributed by atoms with Gasteiger partial charge in [-0.25, -0.2) is 4.98 Å². The van der Waals surface area contributed by atoms with Crippen molar-refractivity contribution >= 4 is 33.4 Å². The van der Waals surface area contributed by atoms with Crippen LogP contribution >= 0.6 is 11.3 Å². The van der Waals surface area contributed by atoms with Crippen molar-refractivity contribution in [1.29, 1.82) is 0 Å². The Hall–Kier alpha value is -3.65. The highest BCUT2D eigenvalue weighted by Gasteiger charge is 2.17. The smallest absolute Gasteiger partial charge is 0.298 e. The monoisotopic (exact) mass is 392 g/mol. The van der Waals surface area contributed by atoms with E-state index in [0.717, 1.165) is 16.9 Å². The van der Waals surface area contributed by atoms with Gasteiger partial charge in [0.25, 0.3) is 11.5 Å². The minimum atomic E-state index is -0.586. The number of nitrogens with two attached hydrogens (primary N) is 2. The van der Waals surface area contributed by atoms with Crippen LogP contribution in [0.3, 0.4) is 0 Å². The van der Waals surface area contributed by atoms with Gasteiger partial charge in [0.2, 0.25) is 0 Å². The topological polar surface area (TPSA) is 113 Å². The second kappa shape index (κ2) is 6.82. The Morgan fingerprint density at radius 1 is 1.14 bits per heavy atom. The Morgan fingerprint density at radius 3 is 2.61 bits per heavy atom. The van der Waals surface area contributed by atoms with E-state index in [2.05, 4.69) is 4.98 Å². The maximum absolute atomic E-state index is 12.7. The third-order valence-corrected chi connectivity index (χ3v) is 5.26. The molecule has 2 heterocycles. The summed E-state index contributed by atoms with van der Waals surface area (Å²) in [5.74, 6) is 0.541. The highest BCUT2D eigenvalue weighted by molar-refractivity contribution is 7.20. The number of aryl methyl sites for hydroxylation is 1. The highest BCUT2D eigenvalue weighted by atomic mass is 32.1. The van der Waals surface area contributed by atoms with Gasteiger partial charge < -0.3 is 16.2 Å². The molecule has 28 heavy (non-hydrogen) atoms. The van der Waals surface area contributed by atoms with E-state index in [1.54, 1.807) is 18.2 Å². The Balaban J connectivity index is 1.90. The van der Waals surface area contributed by atoms with Crippen LogP contribution in [0.25, 0.3) is 16.0 Å². The van der Waals surface area contributed by atoms with Gasteiger partial charge in [0.05, 0.1) is 16.1 Å². The van der Waals surface area contributed by atoms with Crippen LogP contribution in [0.5, 0.6) is 11.5 Å². The second-order valence-electron chi connectivity index (χ2n) is 6.17. The first-order valence-corrected chi connectivity index (χ1v) is 9.21. The molecule has 7 nitrogen and oxygen atoms in total. The van der Waals surface area contributed by atoms with E-state index in [0.29, 0.717) is 32.4 Å². The van der Waals surface area contributed by atoms with E-state index in [1.165, 1.54) is 4.57 Å². The summed E-state index contributed by atoms with van der Waals surface area (Å²) in [5, 5.41) is 0. The zero-order chi connectivity index (χ0) is 19.8. The van der Waals surface area contributed by atoms with Gasteiger partial charge in [-0.1, -0.05) is 24.3 Å². The summed E-state index contributed by atoms with van der Waals surface area (Å²) in [6, 6.07) is 16.3. The van der Waals surface area contributed by atoms with Gasteiger partial charge in [-0.3, -0.25) is 14.2 Å². The average Bonchev–Trinajstić information content (AvgIpc) is 3.09. The molecule has 4 aromatic rings. The molecule has 0 fully saturated rings. The van der Waals surface area contributed by atoms with Gasteiger partial charge in [-0.05, 0) is 36.8 Å². The van der Waals surface area contributed by atoms with Crippen LogP contribution in [-0.2, 0) is 0 Å². The first kappa shape index (κ1) is 17.7. The lowest BCUT2D eigenvalue weighted by Crippen LogP contribution is -2.23. The second-order valence-corrected chi connectivity index (χ2v) is 7.20. The molecule has 140 valence electrons. The van der Waals surface area contributed by atoms with Crippen molar-refractivity contribution in [3.05, 3.63) is 75.4 Å². The van der Waals surface area contributed by atoms with Crippen LogP contribution < -0.4 is 21.8 Å². The van der Waals surface area contributed by atoms with E-state index < -0.39 is 11.5 Å². The van der Waals surface area contributed by atoms with Crippen molar-refractivity contribution in [2.24, 2.45) is 5.73 Å². The van der Waals surface area contributed by atoms with E-state index in [-0.39, 0.29) is 5.82 Å². The van der Waals surface area contributed by atoms with E-state index in [4.69, 9.17) is 16.2 Å². The van der Waals surface area contributed by atoms with E-state index >= 15 is 0 Å². The van der Waals surface area contributed by atoms with Crippen molar-refractivity contribution < 1.29 is 9.53 Å². The summed E-state index contributed by atoms with van der Waals surface area (Å²) in [6.07, 6.45) is 0. The minimum Gasteiger partial charge on any atom is -0.457 e. The number of aromatic nitrogens is 2. The van der Waals surface area contributed by atoms with Crippen LogP contribution in [0.2, 0.25) is 0 Å². The van der Waals surface area contributed by atoms with Crippen molar-refractivity contribution in [1.82, 2.24) is 9.55 Å². The molecule has 4 N–H and O–H groups in total. The summed E-state index contributed by atoms with van der Waals surface area (Å²) in [7, 11) is 0. The normalized spacial score (nSPS) is 10.9. The summed E-state index contributed by atoms with van der Waals surface area (Å²) >= 11 is 1.09. The lowest BCUT2D eigenvalue weighted by Gasteiger charge is -2.13. The molecule has 0 saturated carbocycles. The molecule has 0 bridgehead atoms. The van der Waals surface area contributed by atoms with Gasteiger partial charge in [0, 0.05) is 6.07 Å². The molecule has 8 heteroatoms. The van der Waals surface area contributed by atoms with E-state index in [9.17, 15) is 9.59 Å². The number of primary amides is 1. The van der Waals surface area contributed by atoms with Crippen molar-refractivity contribution in [3.63, 3.8) is 0 Å². The largest absolute Gasteiger partial charge is 0.457 e. The lowest BCUT2D eigenvalue weighted by atomic mass is 10.2. The van der Waals surface area contributed by atoms with Crippen molar-refractivity contribution in [3.8, 4) is 17.2 Å². The molecular formula is C20H16N4O3S. The maximum Gasteiger partial charge on any atom is 0.298 e. The number of anilines is 1. The molecular weight excluding hydrogens is 376 g/mol. The van der Waals surface area contributed by atoms with Gasteiger partial charge in [0.1, 0.15) is 16.3 Å². The zero-order valence-corrected chi connectivity index (χ0v) is 15.7. The predicted octanol–water partition coefficient (Wildman–Crippen LogP) is 3.23. The number of hydrogen-bond acceptors (Lipinski definition) is 6. The number of nitrogen functional groups attached to an aromatic ring is 1. The summed E-state index contributed by atoms with van der Waals surface area (Å²) < 4.78 is 7.38. The Labute approximate surface area is 163 Å². The van der Waals surface area contributed by atoms with Gasteiger partial charge >= 0.3 is 0 Å². The van der Waals surface area contributed by atoms with Crippen molar-refractivity contribution in [2.75, 3.05) is 5.73 Å². The number of rotatable bonds is 4. The Kier molecular flexibility index (Phi) is 4.32. The van der Waals surface area contributed by atoms with Crippen LogP contribution in [-0.4, -0.2) is 15.5 Å². The molecule has 0 atom stereocenters. The summed E-state index contributed by atoms with van der Waals surface area (Å²) in [6.45, 7) is 1.91. The standard InChI is InChI=1S/C20H16N4O3S/c1-11-7-8-12(9-15(11)27-13-5-3-2-4-6-13)24-14-10-16(18(22)25)28-19(14)23-17(21)20(24)26/h2-10H,1H3,(H2,21,23)(H2,22,25). The van der Waals surface area contributed by atoms with Crippen LogP contribution in [0.15, 0.2) is 59.4 Å². The third kappa shape index (κ3) is 3.10. The molecule has 0 aliphatic rings. The van der Waals surface area contributed by atoms with Crippen molar-refractivity contribution in [2.45, 2.75) is 6.92 Å². The van der Waals surface area contributed by atoms with Crippen LogP contribution in [0.4, 0.5) is 5.82 Å². The SMILES string of the molecule is Cc1ccc(-n2c(=O)c(N)nc3sc(C(N)=O)cc32)cc1Oc1ccccc1. The number of hydrogen-bond donors (Lipinski definition) is 2. The molecule has 0 unspecified atom stereocenters. The molecule has 4 rings (SSSR count). The fourth-order valence-corrected chi connectivity index (χ4v) is 3.70. The number of ether oxygens (including phenoxy) is 1. The number of para-hydroxylation sites is 1. The number of fused-ring (bicyclic) bond motifs is 1. The number of carbonyl (C=O) groups excluding carboxylic acids is 1. The van der Waals surface area contributed by atoms with Crippen LogP contribution in [0, 0.1) is 6.92 Å². The minimum absolute atomic E-state index is 0.156. The van der Waals surface area contributed by atoms with E-state index in [1.807, 2.05) is 43.3 Å². The number of thiophene rings is 1.